The number of rotatable bonds is 5. The quantitative estimate of drug-likeness (QED) is 0.878. The van der Waals surface area contributed by atoms with E-state index in [1.165, 1.54) is 32.1 Å². The maximum atomic E-state index is 12.2. The van der Waals surface area contributed by atoms with E-state index in [4.69, 9.17) is 0 Å². The summed E-state index contributed by atoms with van der Waals surface area (Å²) in [7, 11) is -3.59. The molecule has 122 valence electrons. The van der Waals surface area contributed by atoms with Crippen LogP contribution in [0.5, 0.6) is 0 Å². The van der Waals surface area contributed by atoms with E-state index in [0.717, 1.165) is 5.69 Å². The summed E-state index contributed by atoms with van der Waals surface area (Å²) in [5.74, 6) is 0.322. The molecule has 2 N–H and O–H groups in total. The Bertz CT molecular complexity index is 724. The lowest BCUT2D eigenvalue weighted by atomic mass is 9.95. The van der Waals surface area contributed by atoms with Crippen LogP contribution in [0.15, 0.2) is 53.6 Å². The minimum absolute atomic E-state index is 0.228. The molecule has 1 saturated carbocycles. The molecule has 6 heteroatoms. The Balaban J connectivity index is 1.65. The normalized spacial score (nSPS) is 16.0. The van der Waals surface area contributed by atoms with Gasteiger partial charge in [-0.25, -0.2) is 13.4 Å². The first kappa shape index (κ1) is 15.8. The van der Waals surface area contributed by atoms with Crippen LogP contribution < -0.4 is 10.0 Å². The molecule has 5 nitrogen and oxygen atoms in total. The number of nitrogens with one attached hydrogen (secondary N) is 2. The summed E-state index contributed by atoms with van der Waals surface area (Å²) in [6.45, 7) is 0. The van der Waals surface area contributed by atoms with E-state index < -0.39 is 10.0 Å². The van der Waals surface area contributed by atoms with Crippen molar-refractivity contribution >= 4 is 21.5 Å². The van der Waals surface area contributed by atoms with Gasteiger partial charge < -0.3 is 5.32 Å². The summed E-state index contributed by atoms with van der Waals surface area (Å²) in [5, 5.41) is 3.46. The molecule has 1 fully saturated rings. The molecule has 0 amide bonds. The average molecular weight is 331 g/mol. The third kappa shape index (κ3) is 4.22. The molecular weight excluding hydrogens is 310 g/mol. The Morgan fingerprint density at radius 1 is 0.957 bits per heavy atom. The van der Waals surface area contributed by atoms with Crippen LogP contribution in [0.4, 0.5) is 11.5 Å². The minimum Gasteiger partial charge on any atom is -0.381 e. The van der Waals surface area contributed by atoms with Gasteiger partial charge in [0.05, 0.1) is 16.8 Å². The molecule has 2 aromatic rings. The van der Waals surface area contributed by atoms with E-state index in [2.05, 4.69) is 15.0 Å². The zero-order valence-electron chi connectivity index (χ0n) is 12.9. The lowest BCUT2D eigenvalue weighted by molar-refractivity contribution is 0.462. The smallest absolute Gasteiger partial charge is 0.263 e. The predicted octanol–water partition coefficient (Wildman–Crippen LogP) is 3.63. The van der Waals surface area contributed by atoms with E-state index in [1.54, 1.807) is 42.6 Å². The molecule has 1 aliphatic rings. The highest BCUT2D eigenvalue weighted by atomic mass is 32.2. The lowest BCUT2D eigenvalue weighted by Crippen LogP contribution is -2.22. The van der Waals surface area contributed by atoms with E-state index in [1.807, 2.05) is 6.07 Å². The summed E-state index contributed by atoms with van der Waals surface area (Å²) < 4.78 is 27.0. The van der Waals surface area contributed by atoms with Gasteiger partial charge in [-0.3, -0.25) is 4.72 Å². The largest absolute Gasteiger partial charge is 0.381 e. The molecule has 0 spiro atoms. The van der Waals surface area contributed by atoms with Crippen molar-refractivity contribution in [1.82, 2.24) is 4.98 Å². The number of anilines is 2. The second kappa shape index (κ2) is 7.00. The van der Waals surface area contributed by atoms with Crippen LogP contribution in [-0.4, -0.2) is 19.4 Å². The van der Waals surface area contributed by atoms with Crippen molar-refractivity contribution in [2.45, 2.75) is 43.0 Å². The molecule has 0 saturated heterocycles. The van der Waals surface area contributed by atoms with Gasteiger partial charge in [-0.2, -0.15) is 0 Å². The van der Waals surface area contributed by atoms with Gasteiger partial charge in [-0.05, 0) is 37.1 Å². The molecular formula is C17H21N3O2S. The van der Waals surface area contributed by atoms with Crippen molar-refractivity contribution in [2.24, 2.45) is 0 Å². The molecule has 0 unspecified atom stereocenters. The van der Waals surface area contributed by atoms with Crippen LogP contribution >= 0.6 is 0 Å². The van der Waals surface area contributed by atoms with Crippen LogP contribution in [0.2, 0.25) is 0 Å². The van der Waals surface area contributed by atoms with Crippen molar-refractivity contribution < 1.29 is 8.42 Å². The highest BCUT2D eigenvalue weighted by Crippen LogP contribution is 2.22. The Morgan fingerprint density at radius 3 is 2.35 bits per heavy atom. The molecule has 3 rings (SSSR count). The fourth-order valence-corrected chi connectivity index (χ4v) is 3.85. The highest BCUT2D eigenvalue weighted by Gasteiger charge is 2.15. The van der Waals surface area contributed by atoms with E-state index in [0.29, 0.717) is 11.9 Å². The van der Waals surface area contributed by atoms with Crippen LogP contribution in [0.25, 0.3) is 0 Å². The maximum Gasteiger partial charge on any atom is 0.263 e. The van der Waals surface area contributed by atoms with Gasteiger partial charge in [0.1, 0.15) is 5.82 Å². The van der Waals surface area contributed by atoms with Crippen molar-refractivity contribution in [1.29, 1.82) is 0 Å². The van der Waals surface area contributed by atoms with Crippen LogP contribution in [0, 0.1) is 0 Å². The fourth-order valence-electron chi connectivity index (χ4n) is 2.82. The summed E-state index contributed by atoms with van der Waals surface area (Å²) >= 11 is 0. The van der Waals surface area contributed by atoms with Gasteiger partial charge in [0.2, 0.25) is 0 Å². The Kier molecular flexibility index (Phi) is 4.81. The Labute approximate surface area is 137 Å². The number of sulfonamides is 1. The molecule has 1 aromatic heterocycles. The van der Waals surface area contributed by atoms with E-state index in [9.17, 15) is 8.42 Å². The van der Waals surface area contributed by atoms with Crippen molar-refractivity contribution in [3.05, 3.63) is 48.7 Å². The number of hydrogen-bond donors (Lipinski definition) is 2. The first-order chi connectivity index (χ1) is 11.1. The van der Waals surface area contributed by atoms with Gasteiger partial charge in [0.15, 0.2) is 0 Å². The summed E-state index contributed by atoms with van der Waals surface area (Å²) in [6, 6.07) is 12.3. The SMILES string of the molecule is O=S(=O)(Nc1ccc(NC2CCCCC2)cn1)c1ccccc1. The minimum atomic E-state index is -3.59. The van der Waals surface area contributed by atoms with Crippen LogP contribution in [0.1, 0.15) is 32.1 Å². The molecule has 0 bridgehead atoms. The van der Waals surface area contributed by atoms with Gasteiger partial charge in [-0.1, -0.05) is 37.5 Å². The number of benzene rings is 1. The molecule has 1 heterocycles. The average Bonchev–Trinajstić information content (AvgIpc) is 2.58. The second-order valence-electron chi connectivity index (χ2n) is 5.83. The maximum absolute atomic E-state index is 12.2. The first-order valence-corrected chi connectivity index (χ1v) is 9.42. The number of aromatic nitrogens is 1. The highest BCUT2D eigenvalue weighted by molar-refractivity contribution is 7.92. The Hall–Kier alpha value is -2.08. The van der Waals surface area contributed by atoms with Gasteiger partial charge >= 0.3 is 0 Å². The standard InChI is InChI=1S/C17H21N3O2S/c21-23(22,16-9-5-2-6-10-16)20-17-12-11-15(13-18-17)19-14-7-3-1-4-8-14/h2,5-6,9-14,19H,1,3-4,7-8H2,(H,18,20). The van der Waals surface area contributed by atoms with Crippen molar-refractivity contribution in [3.8, 4) is 0 Å². The molecule has 0 radical (unpaired) electrons. The van der Waals surface area contributed by atoms with E-state index in [-0.39, 0.29) is 4.90 Å². The summed E-state index contributed by atoms with van der Waals surface area (Å²) in [6.07, 6.45) is 7.89. The second-order valence-corrected chi connectivity index (χ2v) is 7.51. The fraction of sp³-hybridized carbons (Fsp3) is 0.353. The van der Waals surface area contributed by atoms with Gasteiger partial charge in [0.25, 0.3) is 10.0 Å². The van der Waals surface area contributed by atoms with Crippen molar-refractivity contribution in [3.63, 3.8) is 0 Å². The van der Waals surface area contributed by atoms with Crippen molar-refractivity contribution in [2.75, 3.05) is 10.0 Å². The topological polar surface area (TPSA) is 71.1 Å². The summed E-state index contributed by atoms with van der Waals surface area (Å²) in [4.78, 5) is 4.43. The third-order valence-corrected chi connectivity index (χ3v) is 5.40. The van der Waals surface area contributed by atoms with E-state index >= 15 is 0 Å². The molecule has 1 aromatic carbocycles. The molecule has 1 aliphatic carbocycles. The van der Waals surface area contributed by atoms with Gasteiger partial charge in [0, 0.05) is 6.04 Å². The first-order valence-electron chi connectivity index (χ1n) is 7.94. The number of nitrogens with zero attached hydrogens (tertiary/aromatic N) is 1. The number of pyridine rings is 1. The van der Waals surface area contributed by atoms with Crippen LogP contribution in [0.3, 0.4) is 0 Å². The number of hydrogen-bond acceptors (Lipinski definition) is 4. The summed E-state index contributed by atoms with van der Waals surface area (Å²) in [5.41, 5.74) is 0.930. The molecule has 0 atom stereocenters. The molecule has 0 aliphatic heterocycles. The zero-order chi connectivity index (χ0) is 16.1. The zero-order valence-corrected chi connectivity index (χ0v) is 13.7. The predicted molar refractivity (Wildman–Crippen MR) is 92.0 cm³/mol. The Morgan fingerprint density at radius 2 is 1.70 bits per heavy atom. The monoisotopic (exact) mass is 331 g/mol. The van der Waals surface area contributed by atoms with Gasteiger partial charge in [-0.15, -0.1) is 0 Å². The van der Waals surface area contributed by atoms with Crippen LogP contribution in [-0.2, 0) is 10.0 Å². The molecule has 23 heavy (non-hydrogen) atoms. The third-order valence-electron chi connectivity index (χ3n) is 4.03. The lowest BCUT2D eigenvalue weighted by Gasteiger charge is -2.23.